The Bertz CT molecular complexity index is 1430. The third-order valence-corrected chi connectivity index (χ3v) is 6.85. The molecule has 0 atom stereocenters. The van der Waals surface area contributed by atoms with Gasteiger partial charge in [-0.2, -0.15) is 5.10 Å². The zero-order chi connectivity index (χ0) is 28.7. The molecule has 0 unspecified atom stereocenters. The minimum absolute atomic E-state index is 0.0881. The molecule has 0 aliphatic rings. The lowest BCUT2D eigenvalue weighted by Crippen LogP contribution is -2.37. The average Bonchev–Trinajstić information content (AvgIpc) is 3.36. The Morgan fingerprint density at radius 1 is 0.900 bits per heavy atom. The van der Waals surface area contributed by atoms with Crippen molar-refractivity contribution in [2.45, 2.75) is 65.8 Å². The molecule has 0 spiro atoms. The van der Waals surface area contributed by atoms with Crippen molar-refractivity contribution < 1.29 is 9.59 Å². The van der Waals surface area contributed by atoms with E-state index in [0.29, 0.717) is 17.9 Å². The molecule has 6 nitrogen and oxygen atoms in total. The molecule has 4 rings (SSSR count). The van der Waals surface area contributed by atoms with E-state index in [1.54, 1.807) is 9.58 Å². The van der Waals surface area contributed by atoms with Gasteiger partial charge < -0.3 is 10.2 Å². The second-order valence-corrected chi connectivity index (χ2v) is 11.4. The predicted molar refractivity (Wildman–Crippen MR) is 162 cm³/mol. The van der Waals surface area contributed by atoms with E-state index in [9.17, 15) is 9.59 Å². The number of benzene rings is 3. The number of aryl methyl sites for hydroxylation is 2. The maximum absolute atomic E-state index is 13.7. The van der Waals surface area contributed by atoms with E-state index in [-0.39, 0.29) is 23.8 Å². The molecule has 40 heavy (non-hydrogen) atoms. The van der Waals surface area contributed by atoms with Crippen LogP contribution in [0.25, 0.3) is 5.69 Å². The Kier molecular flexibility index (Phi) is 9.20. The number of hydrogen-bond acceptors (Lipinski definition) is 3. The molecule has 1 heterocycles. The lowest BCUT2D eigenvalue weighted by molar-refractivity contribution is -0.117. The number of amides is 2. The van der Waals surface area contributed by atoms with Crippen LogP contribution in [0.4, 0.5) is 5.82 Å². The van der Waals surface area contributed by atoms with E-state index in [1.807, 2.05) is 91.9 Å². The van der Waals surface area contributed by atoms with Crippen molar-refractivity contribution in [2.75, 3.05) is 11.9 Å². The Hall–Kier alpha value is -4.19. The fourth-order valence-electron chi connectivity index (χ4n) is 4.53. The monoisotopic (exact) mass is 536 g/mol. The van der Waals surface area contributed by atoms with Crippen LogP contribution >= 0.6 is 0 Å². The van der Waals surface area contributed by atoms with Gasteiger partial charge in [0.1, 0.15) is 12.4 Å². The first kappa shape index (κ1) is 28.8. The Labute approximate surface area is 238 Å². The Morgan fingerprint density at radius 2 is 1.62 bits per heavy atom. The van der Waals surface area contributed by atoms with Crippen LogP contribution in [0.3, 0.4) is 0 Å². The highest BCUT2D eigenvalue weighted by molar-refractivity contribution is 5.99. The van der Waals surface area contributed by atoms with Gasteiger partial charge in [0.05, 0.1) is 11.4 Å². The number of aromatic nitrogens is 2. The van der Waals surface area contributed by atoms with Gasteiger partial charge in [0, 0.05) is 23.6 Å². The summed E-state index contributed by atoms with van der Waals surface area (Å²) >= 11 is 0. The van der Waals surface area contributed by atoms with E-state index in [0.717, 1.165) is 41.8 Å². The van der Waals surface area contributed by atoms with Gasteiger partial charge in [0.15, 0.2) is 0 Å². The standard InChI is InChI=1S/C34H40N4O2/c1-6-7-13-26-17-19-28(20-18-26)33(40)37(23-27-14-9-8-10-15-27)24-32(39)35-31-22-30(34(3,4)5)36-38(31)29-16-11-12-25(2)21-29/h8-12,14-22H,6-7,13,23-24H2,1-5H3,(H,35,39). The van der Waals surface area contributed by atoms with Crippen molar-refractivity contribution in [1.29, 1.82) is 0 Å². The van der Waals surface area contributed by atoms with Crippen LogP contribution in [0.1, 0.15) is 73.3 Å². The summed E-state index contributed by atoms with van der Waals surface area (Å²) in [5, 5.41) is 7.87. The number of nitrogens with one attached hydrogen (secondary N) is 1. The average molecular weight is 537 g/mol. The van der Waals surface area contributed by atoms with Crippen molar-refractivity contribution in [2.24, 2.45) is 0 Å². The number of unbranched alkanes of at least 4 members (excludes halogenated alkanes) is 1. The van der Waals surface area contributed by atoms with Crippen molar-refractivity contribution in [3.05, 3.63) is 113 Å². The largest absolute Gasteiger partial charge is 0.325 e. The van der Waals surface area contributed by atoms with Crippen molar-refractivity contribution in [3.8, 4) is 5.69 Å². The Balaban J connectivity index is 1.59. The fourth-order valence-corrected chi connectivity index (χ4v) is 4.53. The van der Waals surface area contributed by atoms with Gasteiger partial charge in [-0.3, -0.25) is 9.59 Å². The van der Waals surface area contributed by atoms with Gasteiger partial charge >= 0.3 is 0 Å². The Morgan fingerprint density at radius 3 is 2.27 bits per heavy atom. The van der Waals surface area contributed by atoms with Gasteiger partial charge in [-0.1, -0.05) is 88.7 Å². The molecule has 0 saturated heterocycles. The number of nitrogens with zero attached hydrogens (tertiary/aromatic N) is 3. The number of rotatable bonds is 10. The summed E-state index contributed by atoms with van der Waals surface area (Å²) in [6, 6.07) is 27.4. The molecule has 0 bridgehead atoms. The first-order valence-electron chi connectivity index (χ1n) is 14.0. The van der Waals surface area contributed by atoms with E-state index >= 15 is 0 Å². The third-order valence-electron chi connectivity index (χ3n) is 6.85. The van der Waals surface area contributed by atoms with Crippen LogP contribution in [-0.2, 0) is 23.2 Å². The molecule has 0 fully saturated rings. The predicted octanol–water partition coefficient (Wildman–Crippen LogP) is 7.10. The van der Waals surface area contributed by atoms with Gasteiger partial charge in [0.25, 0.3) is 5.91 Å². The van der Waals surface area contributed by atoms with Gasteiger partial charge in [-0.05, 0) is 60.7 Å². The molecule has 0 aliphatic carbocycles. The van der Waals surface area contributed by atoms with Crippen LogP contribution in [0.15, 0.2) is 84.9 Å². The maximum Gasteiger partial charge on any atom is 0.254 e. The van der Waals surface area contributed by atoms with E-state index in [4.69, 9.17) is 5.10 Å². The zero-order valence-corrected chi connectivity index (χ0v) is 24.3. The topological polar surface area (TPSA) is 67.2 Å². The van der Waals surface area contributed by atoms with Crippen LogP contribution < -0.4 is 5.32 Å². The second-order valence-electron chi connectivity index (χ2n) is 11.4. The smallest absolute Gasteiger partial charge is 0.254 e. The van der Waals surface area contributed by atoms with E-state index in [1.165, 1.54) is 5.56 Å². The summed E-state index contributed by atoms with van der Waals surface area (Å²) in [5.74, 6) is 0.120. The molecule has 4 aromatic rings. The summed E-state index contributed by atoms with van der Waals surface area (Å²) in [7, 11) is 0. The van der Waals surface area contributed by atoms with Crippen LogP contribution in [-0.4, -0.2) is 33.0 Å². The zero-order valence-electron chi connectivity index (χ0n) is 24.3. The normalized spacial score (nSPS) is 11.3. The first-order chi connectivity index (χ1) is 19.1. The second kappa shape index (κ2) is 12.8. The first-order valence-corrected chi connectivity index (χ1v) is 14.0. The number of hydrogen-bond donors (Lipinski definition) is 1. The SMILES string of the molecule is CCCCc1ccc(C(=O)N(CC(=O)Nc2cc(C(C)(C)C)nn2-c2cccc(C)c2)Cc2ccccc2)cc1. The summed E-state index contributed by atoms with van der Waals surface area (Å²) in [6.07, 6.45) is 3.23. The molecule has 0 radical (unpaired) electrons. The van der Waals surface area contributed by atoms with Gasteiger partial charge in [-0.15, -0.1) is 0 Å². The lowest BCUT2D eigenvalue weighted by Gasteiger charge is -2.23. The fraction of sp³-hybridized carbons (Fsp3) is 0.324. The summed E-state index contributed by atoms with van der Waals surface area (Å²) < 4.78 is 1.77. The molecule has 1 N–H and O–H groups in total. The van der Waals surface area contributed by atoms with Crippen LogP contribution in [0, 0.1) is 6.92 Å². The molecule has 2 amide bonds. The third kappa shape index (κ3) is 7.47. The quantitative estimate of drug-likeness (QED) is 0.235. The lowest BCUT2D eigenvalue weighted by atomic mass is 9.92. The van der Waals surface area contributed by atoms with Gasteiger partial charge in [-0.25, -0.2) is 4.68 Å². The van der Waals surface area contributed by atoms with Crippen molar-refractivity contribution in [3.63, 3.8) is 0 Å². The number of carbonyl (C=O) groups is 2. The van der Waals surface area contributed by atoms with Crippen molar-refractivity contribution in [1.82, 2.24) is 14.7 Å². The maximum atomic E-state index is 13.7. The molecule has 0 aliphatic heterocycles. The molecular formula is C34H40N4O2. The molecule has 0 saturated carbocycles. The summed E-state index contributed by atoms with van der Waals surface area (Å²) in [4.78, 5) is 28.7. The number of carbonyl (C=O) groups excluding carboxylic acids is 2. The number of anilines is 1. The van der Waals surface area contributed by atoms with Crippen LogP contribution in [0.5, 0.6) is 0 Å². The molecular weight excluding hydrogens is 496 g/mol. The summed E-state index contributed by atoms with van der Waals surface area (Å²) in [5.41, 5.74) is 5.38. The molecule has 1 aromatic heterocycles. The minimum atomic E-state index is -0.280. The molecule has 208 valence electrons. The highest BCUT2D eigenvalue weighted by Crippen LogP contribution is 2.27. The highest BCUT2D eigenvalue weighted by Gasteiger charge is 2.24. The molecule has 3 aromatic carbocycles. The summed E-state index contributed by atoms with van der Waals surface area (Å²) in [6.45, 7) is 10.7. The minimum Gasteiger partial charge on any atom is -0.325 e. The van der Waals surface area contributed by atoms with Gasteiger partial charge in [0.2, 0.25) is 5.91 Å². The van der Waals surface area contributed by atoms with E-state index in [2.05, 4.69) is 33.0 Å². The molecule has 6 heteroatoms. The van der Waals surface area contributed by atoms with Crippen molar-refractivity contribution >= 4 is 17.6 Å². The van der Waals surface area contributed by atoms with E-state index < -0.39 is 0 Å². The van der Waals surface area contributed by atoms with Crippen LogP contribution in [0.2, 0.25) is 0 Å². The highest BCUT2D eigenvalue weighted by atomic mass is 16.2.